The predicted octanol–water partition coefficient (Wildman–Crippen LogP) is 5.19. The van der Waals surface area contributed by atoms with Gasteiger partial charge in [0.25, 0.3) is 0 Å². The van der Waals surface area contributed by atoms with Crippen molar-refractivity contribution < 1.29 is 22.4 Å². The number of ether oxygens (including phenoxy) is 1. The van der Waals surface area contributed by atoms with E-state index in [9.17, 15) is 13.2 Å². The number of thiazole rings is 1. The lowest BCUT2D eigenvalue weighted by atomic mass is 9.96. The monoisotopic (exact) mass is 545 g/mol. The molecule has 4 aromatic rings. The molecule has 8 nitrogen and oxygen atoms in total. The minimum Gasteiger partial charge on any atom is -0.494 e. The maximum absolute atomic E-state index is 13.8. The van der Waals surface area contributed by atoms with Gasteiger partial charge in [-0.25, -0.2) is 13.4 Å². The SMILES string of the molecule is COc1cccc2sc(N(Cc3ccco3)C(=O)C3CCN(S(=O)(=O)c4ccc(Cl)cc4)CC3)nc12. The lowest BCUT2D eigenvalue weighted by Crippen LogP contribution is -2.44. The Balaban J connectivity index is 1.37. The molecule has 0 radical (unpaired) electrons. The highest BCUT2D eigenvalue weighted by Gasteiger charge is 2.35. The quantitative estimate of drug-likeness (QED) is 0.317. The van der Waals surface area contributed by atoms with Gasteiger partial charge in [-0.2, -0.15) is 4.31 Å². The molecule has 0 unspecified atom stereocenters. The second kappa shape index (κ2) is 10.2. The molecular formula is C25H24ClN3O5S2. The average molecular weight is 546 g/mol. The van der Waals surface area contributed by atoms with Crippen LogP contribution in [0, 0.1) is 5.92 Å². The molecule has 0 atom stereocenters. The van der Waals surface area contributed by atoms with Gasteiger partial charge in [0.1, 0.15) is 17.0 Å². The zero-order chi connectivity index (χ0) is 25.3. The van der Waals surface area contributed by atoms with Gasteiger partial charge < -0.3 is 9.15 Å². The van der Waals surface area contributed by atoms with Gasteiger partial charge in [-0.1, -0.05) is 29.0 Å². The number of aromatic nitrogens is 1. The summed E-state index contributed by atoms with van der Waals surface area (Å²) in [6.07, 6.45) is 2.39. The first-order valence-corrected chi connectivity index (χ1v) is 14.0. The number of amides is 1. The van der Waals surface area contributed by atoms with Crippen LogP contribution >= 0.6 is 22.9 Å². The van der Waals surface area contributed by atoms with Crippen molar-refractivity contribution >= 4 is 54.2 Å². The minimum absolute atomic E-state index is 0.104. The number of benzene rings is 2. The van der Waals surface area contributed by atoms with E-state index in [0.29, 0.717) is 40.0 Å². The highest BCUT2D eigenvalue weighted by Crippen LogP contribution is 2.36. The number of fused-ring (bicyclic) bond motifs is 1. The lowest BCUT2D eigenvalue weighted by molar-refractivity contribution is -0.123. The van der Waals surface area contributed by atoms with Gasteiger partial charge in [-0.05, 0) is 61.4 Å². The normalized spacial score (nSPS) is 15.3. The summed E-state index contributed by atoms with van der Waals surface area (Å²) < 4.78 is 39.4. The molecule has 1 fully saturated rings. The second-order valence-electron chi connectivity index (χ2n) is 8.44. The summed E-state index contributed by atoms with van der Waals surface area (Å²) in [5.41, 5.74) is 0.695. The summed E-state index contributed by atoms with van der Waals surface area (Å²) in [6.45, 7) is 0.741. The van der Waals surface area contributed by atoms with E-state index in [1.54, 1.807) is 36.5 Å². The Bertz CT molecular complexity index is 1460. The number of halogens is 1. The van der Waals surface area contributed by atoms with E-state index in [-0.39, 0.29) is 36.4 Å². The van der Waals surface area contributed by atoms with Crippen molar-refractivity contribution in [1.29, 1.82) is 0 Å². The van der Waals surface area contributed by atoms with Gasteiger partial charge in [0, 0.05) is 24.0 Å². The number of furan rings is 1. The number of para-hydroxylation sites is 1. The molecule has 36 heavy (non-hydrogen) atoms. The largest absolute Gasteiger partial charge is 0.494 e. The zero-order valence-electron chi connectivity index (χ0n) is 19.5. The number of hydrogen-bond donors (Lipinski definition) is 0. The Labute approximate surface area is 218 Å². The smallest absolute Gasteiger partial charge is 0.243 e. The maximum Gasteiger partial charge on any atom is 0.243 e. The number of hydrogen-bond acceptors (Lipinski definition) is 7. The van der Waals surface area contributed by atoms with Crippen molar-refractivity contribution in [3.05, 3.63) is 71.6 Å². The van der Waals surface area contributed by atoms with E-state index in [1.165, 1.54) is 27.8 Å². The van der Waals surface area contributed by atoms with Crippen molar-refractivity contribution in [1.82, 2.24) is 9.29 Å². The molecule has 5 rings (SSSR count). The van der Waals surface area contributed by atoms with Crippen molar-refractivity contribution in [2.24, 2.45) is 5.92 Å². The Hall–Kier alpha value is -2.92. The predicted molar refractivity (Wildman–Crippen MR) is 139 cm³/mol. The van der Waals surface area contributed by atoms with Crippen LogP contribution in [0.4, 0.5) is 5.13 Å². The molecule has 1 aliphatic rings. The van der Waals surface area contributed by atoms with Gasteiger partial charge in [0.05, 0.1) is 29.5 Å². The second-order valence-corrected chi connectivity index (χ2v) is 11.8. The molecule has 188 valence electrons. The fraction of sp³-hybridized carbons (Fsp3) is 0.280. The van der Waals surface area contributed by atoms with Gasteiger partial charge in [-0.3, -0.25) is 9.69 Å². The Kier molecular flexibility index (Phi) is 7.03. The first-order chi connectivity index (χ1) is 17.4. The van der Waals surface area contributed by atoms with Crippen molar-refractivity contribution in [3.8, 4) is 5.75 Å². The van der Waals surface area contributed by atoms with Crippen LogP contribution in [0.3, 0.4) is 0 Å². The minimum atomic E-state index is -3.66. The number of rotatable bonds is 7. The third-order valence-corrected chi connectivity index (χ3v) is 9.44. The van der Waals surface area contributed by atoms with Crippen molar-refractivity contribution in [2.75, 3.05) is 25.1 Å². The lowest BCUT2D eigenvalue weighted by Gasteiger charge is -2.32. The van der Waals surface area contributed by atoms with Gasteiger partial charge >= 0.3 is 0 Å². The summed E-state index contributed by atoms with van der Waals surface area (Å²) in [6, 6.07) is 15.4. The highest BCUT2D eigenvalue weighted by atomic mass is 35.5. The molecular weight excluding hydrogens is 522 g/mol. The maximum atomic E-state index is 13.8. The fourth-order valence-electron chi connectivity index (χ4n) is 4.31. The average Bonchev–Trinajstić information content (AvgIpc) is 3.57. The zero-order valence-corrected chi connectivity index (χ0v) is 21.9. The summed E-state index contributed by atoms with van der Waals surface area (Å²) in [5.74, 6) is 0.830. The number of methoxy groups -OCH3 is 1. The van der Waals surface area contributed by atoms with Gasteiger partial charge in [0.15, 0.2) is 5.13 Å². The van der Waals surface area contributed by atoms with Crippen LogP contribution in [0.2, 0.25) is 5.02 Å². The van der Waals surface area contributed by atoms with E-state index in [1.807, 2.05) is 24.3 Å². The molecule has 2 aromatic heterocycles. The van der Waals surface area contributed by atoms with Crippen molar-refractivity contribution in [2.45, 2.75) is 24.3 Å². The topological polar surface area (TPSA) is 93.0 Å². The number of carbonyl (C=O) groups is 1. The third-order valence-electron chi connectivity index (χ3n) is 6.24. The number of sulfonamides is 1. The summed E-state index contributed by atoms with van der Waals surface area (Å²) >= 11 is 7.31. The van der Waals surface area contributed by atoms with Crippen molar-refractivity contribution in [3.63, 3.8) is 0 Å². The van der Waals surface area contributed by atoms with Crippen LogP contribution in [0.1, 0.15) is 18.6 Å². The molecule has 0 saturated carbocycles. The molecule has 1 amide bonds. The van der Waals surface area contributed by atoms with Crippen LogP contribution in [0.5, 0.6) is 5.75 Å². The molecule has 1 aliphatic heterocycles. The molecule has 0 aliphatic carbocycles. The van der Waals surface area contributed by atoms with Gasteiger partial charge in [0.2, 0.25) is 15.9 Å². The van der Waals surface area contributed by atoms with Crippen LogP contribution in [0.25, 0.3) is 10.2 Å². The first-order valence-electron chi connectivity index (χ1n) is 11.4. The van der Waals surface area contributed by atoms with Gasteiger partial charge in [-0.15, -0.1) is 0 Å². The molecule has 0 N–H and O–H groups in total. The first kappa shape index (κ1) is 24.8. The summed E-state index contributed by atoms with van der Waals surface area (Å²) in [7, 11) is -2.07. The fourth-order valence-corrected chi connectivity index (χ4v) is 6.89. The number of carbonyl (C=O) groups excluding carboxylic acids is 1. The highest BCUT2D eigenvalue weighted by molar-refractivity contribution is 7.89. The van der Waals surface area contributed by atoms with Crippen LogP contribution in [-0.2, 0) is 21.4 Å². The molecule has 0 spiro atoms. The Morgan fingerprint density at radius 2 is 1.92 bits per heavy atom. The standard InChI is InChI=1S/C25H24ClN3O5S2/c1-33-21-5-2-6-22-23(21)27-25(35-22)29(16-19-4-3-15-34-19)24(30)17-11-13-28(14-12-17)36(31,32)20-9-7-18(26)8-10-20/h2-10,15,17H,11-14,16H2,1H3. The Morgan fingerprint density at radius 3 is 2.58 bits per heavy atom. The Morgan fingerprint density at radius 1 is 1.17 bits per heavy atom. The molecule has 11 heteroatoms. The van der Waals surface area contributed by atoms with Crippen LogP contribution < -0.4 is 9.64 Å². The van der Waals surface area contributed by atoms with E-state index >= 15 is 0 Å². The molecule has 1 saturated heterocycles. The van der Waals surface area contributed by atoms with Crippen LogP contribution in [0.15, 0.2) is 70.2 Å². The molecule has 3 heterocycles. The number of piperidine rings is 1. The van der Waals surface area contributed by atoms with E-state index in [4.69, 9.17) is 25.7 Å². The van der Waals surface area contributed by atoms with E-state index in [0.717, 1.165) is 4.70 Å². The third kappa shape index (κ3) is 4.86. The van der Waals surface area contributed by atoms with E-state index < -0.39 is 10.0 Å². The van der Waals surface area contributed by atoms with E-state index in [2.05, 4.69) is 0 Å². The summed E-state index contributed by atoms with van der Waals surface area (Å²) in [4.78, 5) is 20.3. The summed E-state index contributed by atoms with van der Waals surface area (Å²) in [5, 5.41) is 1.02. The molecule has 2 aromatic carbocycles. The molecule has 0 bridgehead atoms. The number of nitrogens with zero attached hydrogens (tertiary/aromatic N) is 3. The number of anilines is 1. The van der Waals surface area contributed by atoms with Crippen LogP contribution in [-0.4, -0.2) is 43.8 Å².